The summed E-state index contributed by atoms with van der Waals surface area (Å²) in [5.41, 5.74) is 5.84. The van der Waals surface area contributed by atoms with E-state index >= 15 is 0 Å². The lowest BCUT2D eigenvalue weighted by Gasteiger charge is -2.39. The molecule has 1 N–H and O–H groups in total. The Morgan fingerprint density at radius 3 is 2.40 bits per heavy atom. The highest BCUT2D eigenvalue weighted by molar-refractivity contribution is 5.87. The second-order valence-electron chi connectivity index (χ2n) is 10.3. The molecule has 182 valence electrons. The van der Waals surface area contributed by atoms with E-state index in [4.69, 9.17) is 9.26 Å². The van der Waals surface area contributed by atoms with Gasteiger partial charge in [-0.05, 0) is 75.6 Å². The normalized spacial score (nSPS) is 23.6. The average molecular weight is 474 g/mol. The van der Waals surface area contributed by atoms with Crippen molar-refractivity contribution >= 4 is 11.8 Å². The van der Waals surface area contributed by atoms with Crippen LogP contribution >= 0.6 is 0 Å². The molecule has 6 rings (SSSR count). The first-order valence-electron chi connectivity index (χ1n) is 12.6. The number of nitrogens with zero attached hydrogens (tertiary/aromatic N) is 3. The van der Waals surface area contributed by atoms with Gasteiger partial charge in [-0.1, -0.05) is 23.4 Å². The number of hydrogen-bond donors (Lipinski definition) is 1. The Hall–Kier alpha value is -3.19. The summed E-state index contributed by atoms with van der Waals surface area (Å²) in [6.45, 7) is 4.78. The van der Waals surface area contributed by atoms with Gasteiger partial charge in [-0.25, -0.2) is 9.78 Å². The lowest BCUT2D eigenvalue weighted by atomic mass is 9.96. The molecule has 4 heterocycles. The van der Waals surface area contributed by atoms with Crippen LogP contribution in [-0.2, 0) is 11.3 Å². The molecule has 7 nitrogen and oxygen atoms in total. The van der Waals surface area contributed by atoms with Crippen molar-refractivity contribution in [3.05, 3.63) is 64.5 Å². The van der Waals surface area contributed by atoms with Crippen molar-refractivity contribution in [1.29, 1.82) is 0 Å². The van der Waals surface area contributed by atoms with Crippen LogP contribution < -0.4 is 4.90 Å². The molecule has 0 unspecified atom stereocenters. The number of pyridine rings is 1. The van der Waals surface area contributed by atoms with Crippen molar-refractivity contribution in [2.24, 2.45) is 0 Å². The number of hydrogen-bond acceptors (Lipinski definition) is 6. The number of aryl methyl sites for hydroxylation is 2. The second-order valence-corrected chi connectivity index (χ2v) is 10.3. The van der Waals surface area contributed by atoms with Crippen molar-refractivity contribution in [2.45, 2.75) is 83.1 Å². The molecule has 1 aromatic carbocycles. The molecule has 1 saturated carbocycles. The van der Waals surface area contributed by atoms with Crippen LogP contribution in [0.25, 0.3) is 11.3 Å². The summed E-state index contributed by atoms with van der Waals surface area (Å²) in [5.74, 6) is 1.40. The van der Waals surface area contributed by atoms with Crippen molar-refractivity contribution in [2.75, 3.05) is 4.90 Å². The fraction of sp³-hybridized carbons (Fsp3) is 0.464. The maximum absolute atomic E-state index is 11.2. The molecule has 3 fully saturated rings. The molecular weight excluding hydrogens is 442 g/mol. The predicted octanol–water partition coefficient (Wildman–Crippen LogP) is 5.65. The molecule has 2 saturated heterocycles. The third kappa shape index (κ3) is 4.12. The molecule has 3 aliphatic rings. The molecule has 2 aromatic heterocycles. The van der Waals surface area contributed by atoms with E-state index in [1.54, 1.807) is 6.07 Å². The summed E-state index contributed by atoms with van der Waals surface area (Å²) < 4.78 is 12.5. The van der Waals surface area contributed by atoms with Crippen LogP contribution in [-0.4, -0.2) is 39.4 Å². The highest BCUT2D eigenvalue weighted by Crippen LogP contribution is 2.46. The number of aromatic carboxylic acids is 1. The molecule has 0 radical (unpaired) electrons. The molecule has 3 aromatic rings. The molecular formula is C28H31N3O4. The summed E-state index contributed by atoms with van der Waals surface area (Å²) in [4.78, 5) is 18.0. The fourth-order valence-corrected chi connectivity index (χ4v) is 6.02. The number of ether oxygens (including phenoxy) is 1. The number of piperidine rings is 1. The zero-order valence-corrected chi connectivity index (χ0v) is 20.2. The first kappa shape index (κ1) is 22.3. The number of anilines is 1. The number of fused-ring (bicyclic) bond motifs is 2. The zero-order valence-electron chi connectivity index (χ0n) is 20.2. The van der Waals surface area contributed by atoms with Crippen LogP contribution in [0.2, 0.25) is 0 Å². The molecule has 0 amide bonds. The Kier molecular flexibility index (Phi) is 5.60. The Balaban J connectivity index is 1.19. The van der Waals surface area contributed by atoms with Gasteiger partial charge < -0.3 is 19.3 Å². The molecule has 0 spiro atoms. The van der Waals surface area contributed by atoms with E-state index in [-0.39, 0.29) is 11.7 Å². The Bertz CT molecular complexity index is 1210. The molecule has 35 heavy (non-hydrogen) atoms. The van der Waals surface area contributed by atoms with E-state index in [0.717, 1.165) is 66.9 Å². The first-order chi connectivity index (χ1) is 17.0. The van der Waals surface area contributed by atoms with E-state index in [9.17, 15) is 9.90 Å². The average Bonchev–Trinajstić information content (AvgIpc) is 3.55. The summed E-state index contributed by atoms with van der Waals surface area (Å²) >= 11 is 0. The van der Waals surface area contributed by atoms with Crippen molar-refractivity contribution < 1.29 is 19.2 Å². The van der Waals surface area contributed by atoms with Crippen LogP contribution in [0.3, 0.4) is 0 Å². The maximum atomic E-state index is 11.2. The highest BCUT2D eigenvalue weighted by Gasteiger charge is 2.42. The largest absolute Gasteiger partial charge is 0.478 e. The maximum Gasteiger partial charge on any atom is 0.337 e. The van der Waals surface area contributed by atoms with Gasteiger partial charge in [0, 0.05) is 35.3 Å². The Labute approximate surface area is 205 Å². The molecule has 2 bridgehead atoms. The summed E-state index contributed by atoms with van der Waals surface area (Å²) in [7, 11) is 0. The number of carboxylic acids is 1. The number of carboxylic acid groups (broad SMARTS) is 1. The Morgan fingerprint density at radius 2 is 1.80 bits per heavy atom. The van der Waals surface area contributed by atoms with Gasteiger partial charge in [-0.2, -0.15) is 0 Å². The minimum Gasteiger partial charge on any atom is -0.478 e. The van der Waals surface area contributed by atoms with Gasteiger partial charge in [-0.3, -0.25) is 0 Å². The predicted molar refractivity (Wildman–Crippen MR) is 132 cm³/mol. The number of rotatable bonds is 7. The van der Waals surface area contributed by atoms with Crippen molar-refractivity contribution in [3.8, 4) is 11.3 Å². The van der Waals surface area contributed by atoms with Gasteiger partial charge in [-0.15, -0.1) is 0 Å². The highest BCUT2D eigenvalue weighted by atomic mass is 16.5. The van der Waals surface area contributed by atoms with Crippen LogP contribution in [0.15, 0.2) is 41.1 Å². The third-order valence-corrected chi connectivity index (χ3v) is 7.90. The van der Waals surface area contributed by atoms with Crippen LogP contribution in [0.1, 0.15) is 77.3 Å². The van der Waals surface area contributed by atoms with Gasteiger partial charge in [0.25, 0.3) is 0 Å². The standard InChI is InChI=1S/C28H31N3O4/c1-16-4-3-5-17(2)25(16)26-23(27(35-30-26)18-6-7-18)15-34-22-12-20-9-10-21(13-22)31(20)24-11-8-19(14-29-24)28(32)33/h3-5,8,11,14,18,20-22H,6-7,9-10,12-13,15H2,1-2H3,(H,32,33)/t20-,21+,22-. The van der Waals surface area contributed by atoms with E-state index in [2.05, 4.69) is 47.1 Å². The summed E-state index contributed by atoms with van der Waals surface area (Å²) in [6, 6.07) is 10.6. The smallest absolute Gasteiger partial charge is 0.337 e. The molecule has 1 aliphatic carbocycles. The van der Waals surface area contributed by atoms with Gasteiger partial charge >= 0.3 is 5.97 Å². The van der Waals surface area contributed by atoms with E-state index in [1.165, 1.54) is 17.3 Å². The quantitative estimate of drug-likeness (QED) is 0.475. The monoisotopic (exact) mass is 473 g/mol. The van der Waals surface area contributed by atoms with Gasteiger partial charge in [0.05, 0.1) is 18.3 Å². The number of aromatic nitrogens is 2. The molecule has 2 aliphatic heterocycles. The van der Waals surface area contributed by atoms with Gasteiger partial charge in [0.1, 0.15) is 17.3 Å². The van der Waals surface area contributed by atoms with Gasteiger partial charge in [0.2, 0.25) is 0 Å². The van der Waals surface area contributed by atoms with Crippen LogP contribution in [0.4, 0.5) is 5.82 Å². The fourth-order valence-electron chi connectivity index (χ4n) is 6.02. The number of carbonyl (C=O) groups is 1. The van der Waals surface area contributed by atoms with Crippen molar-refractivity contribution in [1.82, 2.24) is 10.1 Å². The lowest BCUT2D eigenvalue weighted by molar-refractivity contribution is 0.0146. The second kappa shape index (κ2) is 8.79. The summed E-state index contributed by atoms with van der Waals surface area (Å²) in [6.07, 6.45) is 8.07. The minimum absolute atomic E-state index is 0.176. The molecule has 3 atom stereocenters. The first-order valence-corrected chi connectivity index (χ1v) is 12.6. The zero-order chi connectivity index (χ0) is 24.1. The van der Waals surface area contributed by atoms with Crippen molar-refractivity contribution in [3.63, 3.8) is 0 Å². The van der Waals surface area contributed by atoms with E-state index in [0.29, 0.717) is 24.6 Å². The third-order valence-electron chi connectivity index (χ3n) is 7.90. The van der Waals surface area contributed by atoms with E-state index < -0.39 is 5.97 Å². The van der Waals surface area contributed by atoms with Crippen LogP contribution in [0, 0.1) is 13.8 Å². The van der Waals surface area contributed by atoms with E-state index in [1.807, 2.05) is 6.07 Å². The Morgan fingerprint density at radius 1 is 1.09 bits per heavy atom. The topological polar surface area (TPSA) is 88.7 Å². The summed E-state index contributed by atoms with van der Waals surface area (Å²) in [5, 5.41) is 13.7. The lowest BCUT2D eigenvalue weighted by Crippen LogP contribution is -2.46. The number of benzene rings is 1. The molecule has 7 heteroatoms. The van der Waals surface area contributed by atoms with Crippen LogP contribution in [0.5, 0.6) is 0 Å². The SMILES string of the molecule is Cc1cccc(C)c1-c1noc(C2CC2)c1CO[C@@H]1C[C@H]2CC[C@@H](C1)N2c1ccc(C(=O)O)cn1. The minimum atomic E-state index is -0.946. The van der Waals surface area contributed by atoms with Gasteiger partial charge in [0.15, 0.2) is 0 Å².